The van der Waals surface area contributed by atoms with E-state index in [9.17, 15) is 15.2 Å². The predicted octanol–water partition coefficient (Wildman–Crippen LogP) is 2.62. The predicted molar refractivity (Wildman–Crippen MR) is 72.3 cm³/mol. The fraction of sp³-hybridized carbons (Fsp3) is 0.214. The van der Waals surface area contributed by atoms with Crippen molar-refractivity contribution in [3.8, 4) is 5.75 Å². The van der Waals surface area contributed by atoms with Crippen LogP contribution in [0.3, 0.4) is 0 Å². The molecule has 0 spiro atoms. The van der Waals surface area contributed by atoms with Gasteiger partial charge in [-0.05, 0) is 30.7 Å². The minimum absolute atomic E-state index is 0.0721. The molecule has 0 amide bonds. The van der Waals surface area contributed by atoms with E-state index in [1.807, 2.05) is 12.1 Å². The Labute approximate surface area is 115 Å². The summed E-state index contributed by atoms with van der Waals surface area (Å²) < 4.78 is 5.61. The van der Waals surface area contributed by atoms with Gasteiger partial charge < -0.3 is 9.84 Å². The van der Waals surface area contributed by atoms with Crippen LogP contribution in [0, 0.1) is 10.1 Å². The molecule has 20 heavy (non-hydrogen) atoms. The van der Waals surface area contributed by atoms with Gasteiger partial charge in [-0.1, -0.05) is 0 Å². The fourth-order valence-electron chi connectivity index (χ4n) is 1.75. The highest BCUT2D eigenvalue weighted by Gasteiger charge is 2.15. The Morgan fingerprint density at radius 3 is 2.65 bits per heavy atom. The smallest absolute Gasteiger partial charge is 0.270 e. The highest BCUT2D eigenvalue weighted by atomic mass is 16.6. The van der Waals surface area contributed by atoms with E-state index < -0.39 is 11.0 Å². The van der Waals surface area contributed by atoms with Crippen LogP contribution < -0.4 is 4.74 Å². The maximum Gasteiger partial charge on any atom is 0.270 e. The second-order valence-electron chi connectivity index (χ2n) is 4.30. The first-order valence-electron chi connectivity index (χ1n) is 6.06. The second kappa shape index (κ2) is 6.12. The van der Waals surface area contributed by atoms with E-state index in [2.05, 4.69) is 4.98 Å². The van der Waals surface area contributed by atoms with Crippen LogP contribution in [-0.2, 0) is 6.61 Å². The standard InChI is InChI=1S/C14H14N2O4/c1-10(17)13-8-12(16(18)19)2-3-14(13)20-9-11-4-6-15-7-5-11/h2-8,10,17H,9H2,1H3. The number of nitrogens with zero attached hydrogens (tertiary/aromatic N) is 2. The molecule has 1 atom stereocenters. The van der Waals surface area contributed by atoms with E-state index in [-0.39, 0.29) is 5.69 Å². The van der Waals surface area contributed by atoms with Gasteiger partial charge in [-0.3, -0.25) is 15.1 Å². The highest BCUT2D eigenvalue weighted by Crippen LogP contribution is 2.29. The fourth-order valence-corrected chi connectivity index (χ4v) is 1.75. The number of rotatable bonds is 5. The molecule has 2 aromatic rings. The molecule has 0 saturated carbocycles. The molecule has 6 nitrogen and oxygen atoms in total. The first-order chi connectivity index (χ1) is 9.58. The summed E-state index contributed by atoms with van der Waals surface area (Å²) in [6, 6.07) is 7.81. The summed E-state index contributed by atoms with van der Waals surface area (Å²) in [4.78, 5) is 14.1. The molecule has 0 aliphatic heterocycles. The number of aliphatic hydroxyl groups excluding tert-OH is 1. The average molecular weight is 274 g/mol. The number of ether oxygens (including phenoxy) is 1. The maximum absolute atomic E-state index is 10.7. The van der Waals surface area contributed by atoms with Crippen molar-refractivity contribution in [2.45, 2.75) is 19.6 Å². The molecular weight excluding hydrogens is 260 g/mol. The van der Waals surface area contributed by atoms with Crippen LogP contribution in [0.15, 0.2) is 42.7 Å². The minimum Gasteiger partial charge on any atom is -0.489 e. The molecule has 0 aliphatic rings. The van der Waals surface area contributed by atoms with Gasteiger partial charge in [0, 0.05) is 30.1 Å². The van der Waals surface area contributed by atoms with Crippen molar-refractivity contribution in [2.24, 2.45) is 0 Å². The molecule has 0 aliphatic carbocycles. The molecule has 0 saturated heterocycles. The van der Waals surface area contributed by atoms with Crippen molar-refractivity contribution in [3.63, 3.8) is 0 Å². The van der Waals surface area contributed by atoms with Crippen LogP contribution in [0.2, 0.25) is 0 Å². The molecule has 6 heteroatoms. The number of nitro benzene ring substituents is 1. The summed E-state index contributed by atoms with van der Waals surface area (Å²) in [5.41, 5.74) is 1.25. The molecule has 1 unspecified atom stereocenters. The Morgan fingerprint density at radius 2 is 2.05 bits per heavy atom. The summed E-state index contributed by atoms with van der Waals surface area (Å²) in [6.07, 6.45) is 2.47. The Hall–Kier alpha value is -2.47. The average Bonchev–Trinajstić information content (AvgIpc) is 2.45. The van der Waals surface area contributed by atoms with Gasteiger partial charge in [-0.15, -0.1) is 0 Å². The SMILES string of the molecule is CC(O)c1cc([N+](=O)[O-])ccc1OCc1ccncc1. The molecule has 2 rings (SSSR count). The van der Waals surface area contributed by atoms with Crippen molar-refractivity contribution in [3.05, 3.63) is 64.0 Å². The number of aliphatic hydroxyl groups is 1. The van der Waals surface area contributed by atoms with Gasteiger partial charge in [0.15, 0.2) is 0 Å². The lowest BCUT2D eigenvalue weighted by Gasteiger charge is -2.13. The zero-order valence-corrected chi connectivity index (χ0v) is 10.9. The molecule has 1 aromatic heterocycles. The first kappa shape index (κ1) is 14.0. The van der Waals surface area contributed by atoms with Crippen molar-refractivity contribution in [1.29, 1.82) is 0 Å². The summed E-state index contributed by atoms with van der Waals surface area (Å²) >= 11 is 0. The summed E-state index contributed by atoms with van der Waals surface area (Å²) in [5, 5.41) is 20.4. The van der Waals surface area contributed by atoms with Gasteiger partial charge in [0.1, 0.15) is 12.4 Å². The molecule has 1 aromatic carbocycles. The third-order valence-electron chi connectivity index (χ3n) is 2.80. The molecule has 1 N–H and O–H groups in total. The molecule has 0 fully saturated rings. The Bertz CT molecular complexity index is 599. The number of hydrogen-bond donors (Lipinski definition) is 1. The minimum atomic E-state index is -0.845. The molecule has 0 bridgehead atoms. The van der Waals surface area contributed by atoms with Crippen LogP contribution in [-0.4, -0.2) is 15.0 Å². The number of benzene rings is 1. The van der Waals surface area contributed by atoms with E-state index in [4.69, 9.17) is 4.74 Å². The van der Waals surface area contributed by atoms with E-state index >= 15 is 0 Å². The molecular formula is C14H14N2O4. The topological polar surface area (TPSA) is 85.5 Å². The van der Waals surface area contributed by atoms with Crippen molar-refractivity contribution < 1.29 is 14.8 Å². The third kappa shape index (κ3) is 3.30. The van der Waals surface area contributed by atoms with Gasteiger partial charge in [0.25, 0.3) is 5.69 Å². The van der Waals surface area contributed by atoms with Crippen molar-refractivity contribution in [2.75, 3.05) is 0 Å². The lowest BCUT2D eigenvalue weighted by molar-refractivity contribution is -0.385. The summed E-state index contributed by atoms with van der Waals surface area (Å²) in [6.45, 7) is 1.85. The Balaban J connectivity index is 2.20. The molecule has 104 valence electrons. The zero-order valence-electron chi connectivity index (χ0n) is 10.9. The van der Waals surface area contributed by atoms with Gasteiger partial charge in [-0.25, -0.2) is 0 Å². The molecule has 1 heterocycles. The summed E-state index contributed by atoms with van der Waals surface area (Å²) in [7, 11) is 0. The third-order valence-corrected chi connectivity index (χ3v) is 2.80. The van der Waals surface area contributed by atoms with E-state index in [1.165, 1.54) is 18.2 Å². The monoisotopic (exact) mass is 274 g/mol. The largest absolute Gasteiger partial charge is 0.489 e. The van der Waals surface area contributed by atoms with Gasteiger partial charge >= 0.3 is 0 Å². The number of aromatic nitrogens is 1. The molecule has 0 radical (unpaired) electrons. The number of nitro groups is 1. The lowest BCUT2D eigenvalue weighted by atomic mass is 10.1. The summed E-state index contributed by atoms with van der Waals surface area (Å²) in [5.74, 6) is 0.433. The van der Waals surface area contributed by atoms with Crippen LogP contribution in [0.25, 0.3) is 0 Å². The Morgan fingerprint density at radius 1 is 1.35 bits per heavy atom. The Kier molecular flexibility index (Phi) is 4.27. The number of non-ortho nitro benzene ring substituents is 1. The maximum atomic E-state index is 10.7. The number of pyridine rings is 1. The van der Waals surface area contributed by atoms with E-state index in [1.54, 1.807) is 19.3 Å². The van der Waals surface area contributed by atoms with Gasteiger partial charge in [0.05, 0.1) is 11.0 Å². The first-order valence-corrected chi connectivity index (χ1v) is 6.06. The zero-order chi connectivity index (χ0) is 14.5. The normalized spacial score (nSPS) is 11.9. The van der Waals surface area contributed by atoms with Crippen molar-refractivity contribution >= 4 is 5.69 Å². The van der Waals surface area contributed by atoms with Crippen LogP contribution in [0.1, 0.15) is 24.2 Å². The lowest BCUT2D eigenvalue weighted by Crippen LogP contribution is -2.02. The van der Waals surface area contributed by atoms with Crippen LogP contribution in [0.5, 0.6) is 5.75 Å². The van der Waals surface area contributed by atoms with Crippen LogP contribution in [0.4, 0.5) is 5.69 Å². The van der Waals surface area contributed by atoms with Crippen molar-refractivity contribution in [1.82, 2.24) is 4.98 Å². The van der Waals surface area contributed by atoms with E-state index in [0.717, 1.165) is 5.56 Å². The van der Waals surface area contributed by atoms with Gasteiger partial charge in [-0.2, -0.15) is 0 Å². The second-order valence-corrected chi connectivity index (χ2v) is 4.30. The highest BCUT2D eigenvalue weighted by molar-refractivity contribution is 5.44. The quantitative estimate of drug-likeness (QED) is 0.669. The number of hydrogen-bond acceptors (Lipinski definition) is 5. The van der Waals surface area contributed by atoms with Crippen LogP contribution >= 0.6 is 0 Å². The van der Waals surface area contributed by atoms with Gasteiger partial charge in [0.2, 0.25) is 0 Å². The van der Waals surface area contributed by atoms with E-state index in [0.29, 0.717) is 17.9 Å².